The normalized spacial score (nSPS) is 11.6. The Morgan fingerprint density at radius 3 is 2.33 bits per heavy atom. The Morgan fingerprint density at radius 1 is 1.14 bits per heavy atom. The standard InChI is InChI=1S/C12H11F3N2O3S/c1-16-21(18,19)11-3-2-8(20-11)6-17-7-4-9(13)12(15)10(14)5-7/h2-5,16-17H,6H2,1H3. The molecular weight excluding hydrogens is 309 g/mol. The minimum absolute atomic E-state index is 0.000763. The number of sulfonamides is 1. The molecule has 5 nitrogen and oxygen atoms in total. The van der Waals surface area contributed by atoms with Crippen LogP contribution in [0.5, 0.6) is 0 Å². The molecule has 0 bridgehead atoms. The molecule has 0 radical (unpaired) electrons. The van der Waals surface area contributed by atoms with E-state index < -0.39 is 27.5 Å². The second-order valence-corrected chi connectivity index (χ2v) is 5.85. The van der Waals surface area contributed by atoms with Crippen LogP contribution < -0.4 is 10.0 Å². The van der Waals surface area contributed by atoms with Crippen molar-refractivity contribution in [1.82, 2.24) is 4.72 Å². The number of hydrogen-bond donors (Lipinski definition) is 2. The first-order chi connectivity index (χ1) is 9.83. The Kier molecular flexibility index (Phi) is 4.24. The largest absolute Gasteiger partial charge is 0.446 e. The molecule has 2 rings (SSSR count). The highest BCUT2D eigenvalue weighted by atomic mass is 32.2. The molecule has 0 saturated carbocycles. The second kappa shape index (κ2) is 5.78. The van der Waals surface area contributed by atoms with Crippen molar-refractivity contribution in [2.45, 2.75) is 11.6 Å². The predicted octanol–water partition coefficient (Wildman–Crippen LogP) is 2.22. The summed E-state index contributed by atoms with van der Waals surface area (Å²) in [5.74, 6) is -3.97. The Bertz CT molecular complexity index is 736. The van der Waals surface area contributed by atoms with Crippen LogP contribution in [-0.4, -0.2) is 15.5 Å². The van der Waals surface area contributed by atoms with Crippen LogP contribution in [0.2, 0.25) is 0 Å². The lowest BCUT2D eigenvalue weighted by atomic mass is 10.3. The summed E-state index contributed by atoms with van der Waals surface area (Å²) in [5.41, 5.74) is 0.000763. The van der Waals surface area contributed by atoms with E-state index in [1.165, 1.54) is 19.2 Å². The second-order valence-electron chi connectivity index (χ2n) is 4.04. The van der Waals surface area contributed by atoms with Crippen molar-refractivity contribution in [2.24, 2.45) is 0 Å². The van der Waals surface area contributed by atoms with Gasteiger partial charge in [-0.1, -0.05) is 0 Å². The van der Waals surface area contributed by atoms with Crippen molar-refractivity contribution in [3.8, 4) is 0 Å². The van der Waals surface area contributed by atoms with Gasteiger partial charge in [0.05, 0.1) is 6.54 Å². The molecule has 1 heterocycles. The Morgan fingerprint density at radius 2 is 1.76 bits per heavy atom. The summed E-state index contributed by atoms with van der Waals surface area (Å²) in [6, 6.07) is 4.21. The van der Waals surface area contributed by atoms with Gasteiger partial charge in [-0.2, -0.15) is 0 Å². The fourth-order valence-corrected chi connectivity index (χ4v) is 2.21. The first-order valence-electron chi connectivity index (χ1n) is 5.74. The zero-order chi connectivity index (χ0) is 15.6. The maximum absolute atomic E-state index is 13.0. The van der Waals surface area contributed by atoms with Crippen LogP contribution in [0.1, 0.15) is 5.76 Å². The number of rotatable bonds is 5. The predicted molar refractivity (Wildman–Crippen MR) is 68.6 cm³/mol. The lowest BCUT2D eigenvalue weighted by Gasteiger charge is -2.05. The molecule has 0 spiro atoms. The van der Waals surface area contributed by atoms with Gasteiger partial charge in [0.2, 0.25) is 5.09 Å². The molecule has 114 valence electrons. The lowest BCUT2D eigenvalue weighted by Crippen LogP contribution is -2.17. The van der Waals surface area contributed by atoms with E-state index in [1.54, 1.807) is 0 Å². The quantitative estimate of drug-likeness (QED) is 0.829. The number of hydrogen-bond acceptors (Lipinski definition) is 4. The molecule has 0 aliphatic carbocycles. The van der Waals surface area contributed by atoms with E-state index in [0.717, 1.165) is 12.1 Å². The summed E-state index contributed by atoms with van der Waals surface area (Å²) in [7, 11) is -2.46. The Labute approximate surface area is 118 Å². The molecule has 1 aromatic heterocycles. The summed E-state index contributed by atoms with van der Waals surface area (Å²) in [6.45, 7) is -0.0241. The third-order valence-corrected chi connectivity index (χ3v) is 3.91. The van der Waals surface area contributed by atoms with Crippen molar-refractivity contribution < 1.29 is 26.0 Å². The molecule has 2 aromatic rings. The van der Waals surface area contributed by atoms with E-state index in [2.05, 4.69) is 10.0 Å². The average Bonchev–Trinajstić information content (AvgIpc) is 2.92. The fourth-order valence-electron chi connectivity index (χ4n) is 1.55. The molecule has 0 amide bonds. The number of halogens is 3. The number of nitrogens with one attached hydrogen (secondary N) is 2. The molecule has 0 atom stereocenters. The first-order valence-corrected chi connectivity index (χ1v) is 7.22. The van der Waals surface area contributed by atoms with Crippen molar-refractivity contribution in [2.75, 3.05) is 12.4 Å². The van der Waals surface area contributed by atoms with Gasteiger partial charge in [-0.25, -0.2) is 26.3 Å². The zero-order valence-electron chi connectivity index (χ0n) is 10.8. The highest BCUT2D eigenvalue weighted by Crippen LogP contribution is 2.19. The molecule has 1 aromatic carbocycles. The maximum Gasteiger partial charge on any atom is 0.273 e. The van der Waals surface area contributed by atoms with Crippen LogP contribution in [0, 0.1) is 17.5 Å². The van der Waals surface area contributed by atoms with Gasteiger partial charge in [-0.05, 0) is 19.2 Å². The smallest absolute Gasteiger partial charge is 0.273 e. The Hall–Kier alpha value is -2.00. The first kappa shape index (κ1) is 15.4. The minimum atomic E-state index is -3.69. The van der Waals surface area contributed by atoms with Gasteiger partial charge in [0.1, 0.15) is 5.76 Å². The average molecular weight is 320 g/mol. The SMILES string of the molecule is CNS(=O)(=O)c1ccc(CNc2cc(F)c(F)c(F)c2)o1. The van der Waals surface area contributed by atoms with E-state index in [4.69, 9.17) is 4.42 Å². The number of benzene rings is 1. The van der Waals surface area contributed by atoms with E-state index in [0.29, 0.717) is 0 Å². The van der Waals surface area contributed by atoms with Crippen LogP contribution in [-0.2, 0) is 16.6 Å². The van der Waals surface area contributed by atoms with Crippen LogP contribution in [0.4, 0.5) is 18.9 Å². The number of furan rings is 1. The summed E-state index contributed by atoms with van der Waals surface area (Å²) in [5, 5.41) is 2.32. The van der Waals surface area contributed by atoms with Gasteiger partial charge in [-0.3, -0.25) is 0 Å². The molecule has 0 saturated heterocycles. The van der Waals surface area contributed by atoms with Gasteiger partial charge >= 0.3 is 0 Å². The van der Waals surface area contributed by atoms with Gasteiger partial charge in [0, 0.05) is 17.8 Å². The molecule has 2 N–H and O–H groups in total. The zero-order valence-corrected chi connectivity index (χ0v) is 11.6. The molecule has 0 aliphatic rings. The van der Waals surface area contributed by atoms with Gasteiger partial charge in [0.25, 0.3) is 10.0 Å². The molecule has 9 heteroatoms. The van der Waals surface area contributed by atoms with Crippen LogP contribution in [0.15, 0.2) is 33.8 Å². The molecule has 21 heavy (non-hydrogen) atoms. The van der Waals surface area contributed by atoms with Gasteiger partial charge in [-0.15, -0.1) is 0 Å². The third kappa shape index (κ3) is 3.37. The van der Waals surface area contributed by atoms with Crippen molar-refractivity contribution >= 4 is 15.7 Å². The molecule has 0 aliphatic heterocycles. The highest BCUT2D eigenvalue weighted by molar-refractivity contribution is 7.89. The molecular formula is C12H11F3N2O3S. The van der Waals surface area contributed by atoms with E-state index in [9.17, 15) is 21.6 Å². The third-order valence-electron chi connectivity index (χ3n) is 2.62. The fraction of sp³-hybridized carbons (Fsp3) is 0.167. The van der Waals surface area contributed by atoms with Crippen LogP contribution in [0.25, 0.3) is 0 Å². The van der Waals surface area contributed by atoms with Crippen LogP contribution in [0.3, 0.4) is 0 Å². The van der Waals surface area contributed by atoms with Crippen molar-refractivity contribution in [3.63, 3.8) is 0 Å². The van der Waals surface area contributed by atoms with E-state index in [1.807, 2.05) is 0 Å². The maximum atomic E-state index is 13.0. The topological polar surface area (TPSA) is 71.3 Å². The van der Waals surface area contributed by atoms with Gasteiger partial charge in [0.15, 0.2) is 17.5 Å². The minimum Gasteiger partial charge on any atom is -0.446 e. The highest BCUT2D eigenvalue weighted by Gasteiger charge is 2.16. The molecule has 0 fully saturated rings. The van der Waals surface area contributed by atoms with Crippen LogP contribution >= 0.6 is 0 Å². The summed E-state index contributed by atoms with van der Waals surface area (Å²) in [4.78, 5) is 0. The molecule has 0 unspecified atom stereocenters. The van der Waals surface area contributed by atoms with Crippen molar-refractivity contribution in [3.05, 3.63) is 47.5 Å². The number of anilines is 1. The van der Waals surface area contributed by atoms with E-state index in [-0.39, 0.29) is 23.1 Å². The van der Waals surface area contributed by atoms with Gasteiger partial charge < -0.3 is 9.73 Å². The van der Waals surface area contributed by atoms with Crippen molar-refractivity contribution in [1.29, 1.82) is 0 Å². The lowest BCUT2D eigenvalue weighted by molar-refractivity contribution is 0.417. The Balaban J connectivity index is 2.11. The summed E-state index contributed by atoms with van der Waals surface area (Å²) >= 11 is 0. The summed E-state index contributed by atoms with van der Waals surface area (Å²) < 4.78 is 68.8. The monoisotopic (exact) mass is 320 g/mol. The summed E-state index contributed by atoms with van der Waals surface area (Å²) in [6.07, 6.45) is 0. The van der Waals surface area contributed by atoms with E-state index >= 15 is 0 Å².